The molecule has 1 aromatic carbocycles. The molecular weight excluding hydrogens is 264 g/mol. The van der Waals surface area contributed by atoms with Crippen LogP contribution in [0, 0.1) is 0 Å². The first-order chi connectivity index (χ1) is 10.1. The Hall–Kier alpha value is -2.56. The Morgan fingerprint density at radius 3 is 2.86 bits per heavy atom. The highest BCUT2D eigenvalue weighted by Gasteiger charge is 2.16. The van der Waals surface area contributed by atoms with Crippen molar-refractivity contribution in [2.75, 3.05) is 11.1 Å². The van der Waals surface area contributed by atoms with Gasteiger partial charge in [0.05, 0.1) is 17.4 Å². The van der Waals surface area contributed by atoms with Gasteiger partial charge >= 0.3 is 0 Å². The number of nitrogens with zero attached hydrogens (tertiary/aromatic N) is 1. The lowest BCUT2D eigenvalue weighted by atomic mass is 9.90. The number of nitrogens with one attached hydrogen (secondary N) is 1. The van der Waals surface area contributed by atoms with Crippen LogP contribution in [0.2, 0.25) is 0 Å². The summed E-state index contributed by atoms with van der Waals surface area (Å²) < 4.78 is 0. The predicted octanol–water partition coefficient (Wildman–Crippen LogP) is 2.39. The molecule has 1 aliphatic rings. The second-order valence-corrected chi connectivity index (χ2v) is 5.30. The van der Waals surface area contributed by atoms with E-state index in [1.807, 2.05) is 12.1 Å². The van der Waals surface area contributed by atoms with Crippen LogP contribution in [-0.4, -0.2) is 10.9 Å². The van der Waals surface area contributed by atoms with Gasteiger partial charge in [0.15, 0.2) is 0 Å². The van der Waals surface area contributed by atoms with Gasteiger partial charge in [0, 0.05) is 5.69 Å². The smallest absolute Gasteiger partial charge is 0.252 e. The van der Waals surface area contributed by atoms with Crippen LogP contribution in [0.15, 0.2) is 30.5 Å². The first-order valence-electron chi connectivity index (χ1n) is 7.08. The molecular formula is C16H18N4O. The lowest BCUT2D eigenvalue weighted by molar-refractivity contribution is 0.100. The van der Waals surface area contributed by atoms with Gasteiger partial charge in [0.25, 0.3) is 5.91 Å². The first-order valence-corrected chi connectivity index (χ1v) is 7.08. The number of hydrogen-bond acceptors (Lipinski definition) is 4. The van der Waals surface area contributed by atoms with Crippen molar-refractivity contribution in [3.8, 4) is 0 Å². The van der Waals surface area contributed by atoms with E-state index in [0.717, 1.165) is 18.5 Å². The molecule has 1 amide bonds. The van der Waals surface area contributed by atoms with Gasteiger partial charge < -0.3 is 16.8 Å². The largest absolute Gasteiger partial charge is 0.397 e. The number of carbonyl (C=O) groups is 1. The molecule has 0 spiro atoms. The number of carbonyl (C=O) groups excluding carboxylic acids is 1. The van der Waals surface area contributed by atoms with Crippen molar-refractivity contribution in [2.24, 2.45) is 5.73 Å². The van der Waals surface area contributed by atoms with Gasteiger partial charge in [0.2, 0.25) is 0 Å². The molecule has 5 N–H and O–H groups in total. The highest BCUT2D eigenvalue weighted by atomic mass is 16.1. The Balaban J connectivity index is 2.00. The third-order valence-electron chi connectivity index (χ3n) is 3.82. The lowest BCUT2D eigenvalue weighted by Crippen LogP contribution is -2.15. The van der Waals surface area contributed by atoms with E-state index >= 15 is 0 Å². The zero-order chi connectivity index (χ0) is 14.8. The van der Waals surface area contributed by atoms with E-state index in [1.54, 1.807) is 6.07 Å². The second-order valence-electron chi connectivity index (χ2n) is 5.30. The van der Waals surface area contributed by atoms with Crippen LogP contribution in [-0.2, 0) is 12.8 Å². The zero-order valence-corrected chi connectivity index (χ0v) is 11.7. The summed E-state index contributed by atoms with van der Waals surface area (Å²) in [6.45, 7) is 0. The van der Waals surface area contributed by atoms with Crippen LogP contribution < -0.4 is 16.8 Å². The Morgan fingerprint density at radius 2 is 2.05 bits per heavy atom. The number of benzene rings is 1. The molecule has 2 aromatic rings. The van der Waals surface area contributed by atoms with E-state index in [4.69, 9.17) is 11.5 Å². The Morgan fingerprint density at radius 1 is 1.24 bits per heavy atom. The van der Waals surface area contributed by atoms with Crippen molar-refractivity contribution in [3.63, 3.8) is 0 Å². The Labute approximate surface area is 123 Å². The molecule has 1 heterocycles. The Kier molecular flexibility index (Phi) is 3.48. The maximum atomic E-state index is 11.5. The first kappa shape index (κ1) is 13.4. The van der Waals surface area contributed by atoms with Crippen molar-refractivity contribution in [1.29, 1.82) is 0 Å². The van der Waals surface area contributed by atoms with Crippen LogP contribution in [0.3, 0.4) is 0 Å². The molecule has 1 aromatic heterocycles. The van der Waals surface area contributed by atoms with Gasteiger partial charge in [-0.1, -0.05) is 12.1 Å². The zero-order valence-electron chi connectivity index (χ0n) is 11.7. The van der Waals surface area contributed by atoms with Crippen molar-refractivity contribution in [1.82, 2.24) is 4.98 Å². The highest BCUT2D eigenvalue weighted by molar-refractivity contribution is 5.99. The van der Waals surface area contributed by atoms with Gasteiger partial charge in [-0.2, -0.15) is 0 Å². The minimum Gasteiger partial charge on any atom is -0.397 e. The summed E-state index contributed by atoms with van der Waals surface area (Å²) in [6.07, 6.45) is 6.07. The van der Waals surface area contributed by atoms with E-state index in [-0.39, 0.29) is 0 Å². The van der Waals surface area contributed by atoms with E-state index in [9.17, 15) is 4.79 Å². The van der Waals surface area contributed by atoms with E-state index in [2.05, 4.69) is 16.4 Å². The quantitative estimate of drug-likeness (QED) is 0.805. The summed E-state index contributed by atoms with van der Waals surface area (Å²) in [7, 11) is 0. The number of amides is 1. The number of aryl methyl sites for hydroxylation is 1. The Bertz CT molecular complexity index is 697. The number of rotatable bonds is 3. The van der Waals surface area contributed by atoms with Crippen LogP contribution >= 0.6 is 0 Å². The normalized spacial score (nSPS) is 13.5. The summed E-state index contributed by atoms with van der Waals surface area (Å²) >= 11 is 0. The fourth-order valence-electron chi connectivity index (χ4n) is 2.79. The second kappa shape index (κ2) is 5.44. The molecule has 0 fully saturated rings. The third-order valence-corrected chi connectivity index (χ3v) is 3.82. The average Bonchev–Trinajstić information content (AvgIpc) is 2.49. The van der Waals surface area contributed by atoms with Crippen molar-refractivity contribution < 1.29 is 4.79 Å². The molecule has 3 rings (SSSR count). The molecule has 0 saturated carbocycles. The molecule has 0 atom stereocenters. The van der Waals surface area contributed by atoms with Gasteiger partial charge in [-0.05, 0) is 48.9 Å². The minimum absolute atomic E-state index is 0.309. The van der Waals surface area contributed by atoms with E-state index in [1.165, 1.54) is 30.2 Å². The maximum Gasteiger partial charge on any atom is 0.252 e. The van der Waals surface area contributed by atoms with Crippen LogP contribution in [0.5, 0.6) is 0 Å². The summed E-state index contributed by atoms with van der Waals surface area (Å²) in [5.41, 5.74) is 15.5. The van der Waals surface area contributed by atoms with Crippen molar-refractivity contribution in [2.45, 2.75) is 25.7 Å². The fourth-order valence-corrected chi connectivity index (χ4v) is 2.79. The number of primary amides is 1. The molecule has 5 heteroatoms. The molecule has 5 nitrogen and oxygen atoms in total. The molecule has 108 valence electrons. The molecule has 0 saturated heterocycles. The number of pyridine rings is 1. The van der Waals surface area contributed by atoms with Crippen LogP contribution in [0.25, 0.3) is 0 Å². The topological polar surface area (TPSA) is 94.0 Å². The maximum absolute atomic E-state index is 11.5. The minimum atomic E-state index is -0.540. The summed E-state index contributed by atoms with van der Waals surface area (Å²) in [5.74, 6) is -0.0854. The third kappa shape index (κ3) is 2.67. The molecule has 0 unspecified atom stereocenters. The molecule has 0 bridgehead atoms. The summed E-state index contributed by atoms with van der Waals surface area (Å²) in [5, 5.41) is 3.24. The standard InChI is InChI=1S/C16H18N4O/c17-11-8-13(15(18)21)16(19-9-11)20-14-7-3-5-10-4-1-2-6-12(10)14/h3,5,7-9H,1-2,4,6,17H2,(H2,18,21)(H,19,20). The number of fused-ring (bicyclic) bond motifs is 1. The number of hydrogen-bond donors (Lipinski definition) is 3. The SMILES string of the molecule is NC(=O)c1cc(N)cnc1Nc1cccc2c1CCCC2. The summed E-state index contributed by atoms with van der Waals surface area (Å²) in [4.78, 5) is 15.7. The highest BCUT2D eigenvalue weighted by Crippen LogP contribution is 2.30. The van der Waals surface area contributed by atoms with Gasteiger partial charge in [-0.25, -0.2) is 4.98 Å². The predicted molar refractivity (Wildman–Crippen MR) is 83.5 cm³/mol. The fraction of sp³-hybridized carbons (Fsp3) is 0.250. The monoisotopic (exact) mass is 282 g/mol. The number of anilines is 3. The van der Waals surface area contributed by atoms with E-state index in [0.29, 0.717) is 17.1 Å². The summed E-state index contributed by atoms with van der Waals surface area (Å²) in [6, 6.07) is 7.73. The average molecular weight is 282 g/mol. The number of aromatic nitrogens is 1. The van der Waals surface area contributed by atoms with Crippen molar-refractivity contribution in [3.05, 3.63) is 47.2 Å². The van der Waals surface area contributed by atoms with Crippen molar-refractivity contribution >= 4 is 23.1 Å². The number of nitrogen functional groups attached to an aromatic ring is 1. The van der Waals surface area contributed by atoms with Gasteiger partial charge in [-0.15, -0.1) is 0 Å². The molecule has 0 radical (unpaired) electrons. The van der Waals surface area contributed by atoms with Crippen LogP contribution in [0.1, 0.15) is 34.3 Å². The van der Waals surface area contributed by atoms with Crippen LogP contribution in [0.4, 0.5) is 17.2 Å². The van der Waals surface area contributed by atoms with E-state index < -0.39 is 5.91 Å². The molecule has 21 heavy (non-hydrogen) atoms. The molecule has 1 aliphatic carbocycles. The molecule has 0 aliphatic heterocycles. The number of nitrogens with two attached hydrogens (primary N) is 2. The van der Waals surface area contributed by atoms with Gasteiger partial charge in [0.1, 0.15) is 5.82 Å². The lowest BCUT2D eigenvalue weighted by Gasteiger charge is -2.20. The van der Waals surface area contributed by atoms with Gasteiger partial charge in [-0.3, -0.25) is 4.79 Å².